The van der Waals surface area contributed by atoms with Crippen molar-refractivity contribution in [2.45, 2.75) is 19.0 Å². The number of thiazole rings is 1. The lowest BCUT2D eigenvalue weighted by atomic mass is 10.1. The van der Waals surface area contributed by atoms with Crippen LogP contribution >= 0.6 is 11.3 Å². The van der Waals surface area contributed by atoms with Crippen LogP contribution in [-0.4, -0.2) is 59.2 Å². The highest BCUT2D eigenvalue weighted by molar-refractivity contribution is 7.18. The maximum absolute atomic E-state index is 9.15. The summed E-state index contributed by atoms with van der Waals surface area (Å²) in [6.07, 6.45) is 0.854. The molecule has 1 N–H and O–H groups in total. The van der Waals surface area contributed by atoms with Crippen LogP contribution in [0.15, 0.2) is 24.3 Å². The third kappa shape index (κ3) is 3.01. The number of aromatic nitrogens is 1. The second kappa shape index (κ2) is 6.18. The Morgan fingerprint density at radius 1 is 1.35 bits per heavy atom. The summed E-state index contributed by atoms with van der Waals surface area (Å²) in [5, 5.41) is 10.3. The number of hydrogen-bond donors (Lipinski definition) is 1. The number of piperazine rings is 1. The summed E-state index contributed by atoms with van der Waals surface area (Å²) in [5.41, 5.74) is 1.11. The van der Waals surface area contributed by atoms with E-state index in [9.17, 15) is 0 Å². The molecule has 0 bridgehead atoms. The van der Waals surface area contributed by atoms with Gasteiger partial charge in [-0.25, -0.2) is 4.98 Å². The Morgan fingerprint density at radius 2 is 2.20 bits per heavy atom. The fraction of sp³-hybridized carbons (Fsp3) is 0.533. The van der Waals surface area contributed by atoms with Gasteiger partial charge in [0.25, 0.3) is 0 Å². The van der Waals surface area contributed by atoms with E-state index in [1.54, 1.807) is 11.3 Å². The minimum atomic E-state index is 0.268. The highest BCUT2D eigenvalue weighted by atomic mass is 32.1. The van der Waals surface area contributed by atoms with Gasteiger partial charge in [-0.15, -0.1) is 11.3 Å². The van der Waals surface area contributed by atoms with Gasteiger partial charge in [0.1, 0.15) is 5.01 Å². The van der Waals surface area contributed by atoms with Gasteiger partial charge in [0, 0.05) is 32.3 Å². The molecule has 108 valence electrons. The number of aliphatic hydroxyl groups is 1. The summed E-state index contributed by atoms with van der Waals surface area (Å²) >= 11 is 1.79. The molecule has 1 aromatic carbocycles. The molecule has 1 aromatic heterocycles. The van der Waals surface area contributed by atoms with Crippen LogP contribution in [0.4, 0.5) is 0 Å². The largest absolute Gasteiger partial charge is 0.396 e. The Kier molecular flexibility index (Phi) is 4.31. The van der Waals surface area contributed by atoms with Crippen LogP contribution in [0.5, 0.6) is 0 Å². The highest BCUT2D eigenvalue weighted by Crippen LogP contribution is 2.23. The molecule has 0 spiro atoms. The van der Waals surface area contributed by atoms with Crippen LogP contribution in [-0.2, 0) is 6.54 Å². The quantitative estimate of drug-likeness (QED) is 0.932. The number of para-hydroxylation sites is 1. The standard InChI is InChI=1S/C15H21N3OS/c1-17-7-8-18(10-12(17)6-9-19)11-15-16-13-4-2-3-5-14(13)20-15/h2-5,12,19H,6-11H2,1H3/t12-/m1/s1. The van der Waals surface area contributed by atoms with Crippen LogP contribution in [0.3, 0.4) is 0 Å². The average molecular weight is 291 g/mol. The maximum Gasteiger partial charge on any atom is 0.108 e. The molecule has 1 atom stereocenters. The van der Waals surface area contributed by atoms with E-state index in [1.807, 2.05) is 6.07 Å². The molecule has 1 saturated heterocycles. The van der Waals surface area contributed by atoms with Crippen molar-refractivity contribution in [1.82, 2.24) is 14.8 Å². The number of hydrogen-bond acceptors (Lipinski definition) is 5. The first kappa shape index (κ1) is 13.9. The van der Waals surface area contributed by atoms with Crippen LogP contribution in [0, 0.1) is 0 Å². The van der Waals surface area contributed by atoms with Gasteiger partial charge in [0.15, 0.2) is 0 Å². The topological polar surface area (TPSA) is 39.6 Å². The Morgan fingerprint density at radius 3 is 3.00 bits per heavy atom. The Hall–Kier alpha value is -1.01. The first-order chi connectivity index (χ1) is 9.76. The molecule has 3 rings (SSSR count). The van der Waals surface area contributed by atoms with Gasteiger partial charge < -0.3 is 10.0 Å². The lowest BCUT2D eigenvalue weighted by Gasteiger charge is -2.39. The fourth-order valence-electron chi connectivity index (χ4n) is 2.79. The van der Waals surface area contributed by atoms with Crippen LogP contribution in [0.2, 0.25) is 0 Å². The van der Waals surface area contributed by atoms with Gasteiger partial charge in [-0.2, -0.15) is 0 Å². The SMILES string of the molecule is CN1CCN(Cc2nc3ccccc3s2)C[C@H]1CCO. The number of benzene rings is 1. The van der Waals surface area contributed by atoms with Crippen molar-refractivity contribution in [2.75, 3.05) is 33.3 Å². The Labute approximate surface area is 123 Å². The lowest BCUT2D eigenvalue weighted by molar-refractivity contribution is 0.0743. The molecular weight excluding hydrogens is 270 g/mol. The third-order valence-electron chi connectivity index (χ3n) is 4.02. The van der Waals surface area contributed by atoms with E-state index in [0.717, 1.165) is 38.1 Å². The zero-order chi connectivity index (χ0) is 13.9. The van der Waals surface area contributed by atoms with Crippen molar-refractivity contribution in [3.63, 3.8) is 0 Å². The average Bonchev–Trinajstić information content (AvgIpc) is 2.85. The second-order valence-corrected chi connectivity index (χ2v) is 6.57. The Balaban J connectivity index is 1.67. The maximum atomic E-state index is 9.15. The molecule has 2 heterocycles. The highest BCUT2D eigenvalue weighted by Gasteiger charge is 2.24. The molecule has 2 aromatic rings. The van der Waals surface area contributed by atoms with Crippen molar-refractivity contribution in [3.8, 4) is 0 Å². The van der Waals surface area contributed by atoms with Gasteiger partial charge in [0.05, 0.1) is 16.8 Å². The first-order valence-electron chi connectivity index (χ1n) is 7.14. The normalized spacial score (nSPS) is 21.6. The lowest BCUT2D eigenvalue weighted by Crippen LogP contribution is -2.51. The minimum Gasteiger partial charge on any atom is -0.396 e. The molecule has 0 amide bonds. The molecule has 0 radical (unpaired) electrons. The zero-order valence-electron chi connectivity index (χ0n) is 11.8. The summed E-state index contributed by atoms with van der Waals surface area (Å²) in [6.45, 7) is 4.36. The van der Waals surface area contributed by atoms with Crippen LogP contribution < -0.4 is 0 Å². The third-order valence-corrected chi connectivity index (χ3v) is 5.04. The van der Waals surface area contributed by atoms with Crippen LogP contribution in [0.1, 0.15) is 11.4 Å². The number of nitrogens with zero attached hydrogens (tertiary/aromatic N) is 3. The summed E-state index contributed by atoms with van der Waals surface area (Å²) < 4.78 is 1.27. The predicted octanol–water partition coefficient (Wildman–Crippen LogP) is 1.79. The number of fused-ring (bicyclic) bond motifs is 1. The monoisotopic (exact) mass is 291 g/mol. The summed E-state index contributed by atoms with van der Waals surface area (Å²) in [5.74, 6) is 0. The molecule has 1 aliphatic heterocycles. The van der Waals surface area contributed by atoms with E-state index in [2.05, 4.69) is 35.0 Å². The molecule has 1 aliphatic rings. The predicted molar refractivity (Wildman–Crippen MR) is 83.0 cm³/mol. The zero-order valence-corrected chi connectivity index (χ0v) is 12.6. The molecule has 4 nitrogen and oxygen atoms in total. The van der Waals surface area contributed by atoms with Crippen molar-refractivity contribution < 1.29 is 5.11 Å². The van der Waals surface area contributed by atoms with E-state index in [4.69, 9.17) is 10.1 Å². The molecule has 1 fully saturated rings. The fourth-order valence-corrected chi connectivity index (χ4v) is 3.80. The smallest absolute Gasteiger partial charge is 0.108 e. The van der Waals surface area contributed by atoms with Crippen molar-refractivity contribution in [3.05, 3.63) is 29.3 Å². The van der Waals surface area contributed by atoms with Gasteiger partial charge in [-0.05, 0) is 25.6 Å². The number of likely N-dealkylation sites (N-methyl/N-ethyl adjacent to an activating group) is 1. The van der Waals surface area contributed by atoms with E-state index >= 15 is 0 Å². The van der Waals surface area contributed by atoms with Crippen LogP contribution in [0.25, 0.3) is 10.2 Å². The van der Waals surface area contributed by atoms with E-state index in [0.29, 0.717) is 6.04 Å². The van der Waals surface area contributed by atoms with Gasteiger partial charge in [-0.3, -0.25) is 4.90 Å². The van der Waals surface area contributed by atoms with E-state index < -0.39 is 0 Å². The van der Waals surface area contributed by atoms with E-state index in [1.165, 1.54) is 9.71 Å². The second-order valence-electron chi connectivity index (χ2n) is 5.46. The molecular formula is C15H21N3OS. The van der Waals surface area contributed by atoms with Gasteiger partial charge >= 0.3 is 0 Å². The first-order valence-corrected chi connectivity index (χ1v) is 7.96. The minimum absolute atomic E-state index is 0.268. The number of rotatable bonds is 4. The van der Waals surface area contributed by atoms with E-state index in [-0.39, 0.29) is 6.61 Å². The summed E-state index contributed by atoms with van der Waals surface area (Å²) in [6, 6.07) is 8.78. The molecule has 5 heteroatoms. The van der Waals surface area contributed by atoms with Gasteiger partial charge in [0.2, 0.25) is 0 Å². The van der Waals surface area contributed by atoms with Gasteiger partial charge in [-0.1, -0.05) is 12.1 Å². The Bertz CT molecular complexity index is 538. The summed E-state index contributed by atoms with van der Waals surface area (Å²) in [4.78, 5) is 9.52. The van der Waals surface area contributed by atoms with Crippen molar-refractivity contribution in [2.24, 2.45) is 0 Å². The molecule has 0 saturated carbocycles. The molecule has 0 unspecified atom stereocenters. The molecule has 20 heavy (non-hydrogen) atoms. The van der Waals surface area contributed by atoms with Crippen molar-refractivity contribution >= 4 is 21.6 Å². The number of aliphatic hydroxyl groups excluding tert-OH is 1. The summed E-state index contributed by atoms with van der Waals surface area (Å²) in [7, 11) is 2.15. The van der Waals surface area contributed by atoms with Crippen molar-refractivity contribution in [1.29, 1.82) is 0 Å². The molecule has 0 aliphatic carbocycles.